The Balaban J connectivity index is 1.07. The molecule has 0 bridgehead atoms. The number of hydrogen-bond acceptors (Lipinski definition) is 5. The second-order valence-corrected chi connectivity index (χ2v) is 12.4. The Bertz CT molecular complexity index is 1900. The summed E-state index contributed by atoms with van der Waals surface area (Å²) in [5.41, 5.74) is 7.89. The van der Waals surface area contributed by atoms with Crippen molar-refractivity contribution in [1.82, 2.24) is 10.6 Å². The second kappa shape index (κ2) is 11.1. The van der Waals surface area contributed by atoms with Gasteiger partial charge in [-0.3, -0.25) is 4.99 Å². The summed E-state index contributed by atoms with van der Waals surface area (Å²) in [4.78, 5) is 7.83. The summed E-state index contributed by atoms with van der Waals surface area (Å²) in [5.74, 6) is 2.46. The van der Waals surface area contributed by atoms with Crippen LogP contribution in [0.25, 0.3) is 5.70 Å². The number of nitrogens with one attached hydrogen (secondary N) is 2. The van der Waals surface area contributed by atoms with Crippen molar-refractivity contribution in [2.45, 2.75) is 24.4 Å². The van der Waals surface area contributed by atoms with Crippen molar-refractivity contribution in [2.75, 3.05) is 4.90 Å². The van der Waals surface area contributed by atoms with E-state index in [2.05, 4.69) is 161 Å². The number of fused-ring (bicyclic) bond motifs is 4. The Morgan fingerprint density at radius 2 is 1.39 bits per heavy atom. The number of amidine groups is 1. The standard InChI is InChI=1S/C41H34N4O/c1-4-13-27(14-5-1)34-26-35(43-40(42-34)28-15-6-2-7-16-28)30-19-12-20-31(25-30)45-36-22-11-10-21-32(36)38-37(45)24-23-33-39(38)46-41(44-33)29-17-8-3-9-18-29/h1-26,32,35-38,41,44H,(H,42,43). The van der Waals surface area contributed by atoms with Gasteiger partial charge in [0.2, 0.25) is 0 Å². The summed E-state index contributed by atoms with van der Waals surface area (Å²) in [5, 5.41) is 7.26. The van der Waals surface area contributed by atoms with Crippen LogP contribution in [0.15, 0.2) is 174 Å². The summed E-state index contributed by atoms with van der Waals surface area (Å²) in [7, 11) is 0. The zero-order valence-corrected chi connectivity index (χ0v) is 25.3. The highest BCUT2D eigenvalue weighted by atomic mass is 16.5. The molecule has 224 valence electrons. The third kappa shape index (κ3) is 4.59. The topological polar surface area (TPSA) is 48.9 Å². The van der Waals surface area contributed by atoms with Gasteiger partial charge in [-0.1, -0.05) is 134 Å². The molecule has 2 aliphatic carbocycles. The lowest BCUT2D eigenvalue weighted by Crippen LogP contribution is -2.37. The molecule has 0 saturated carbocycles. The minimum atomic E-state index is -0.171. The monoisotopic (exact) mass is 598 g/mol. The summed E-state index contributed by atoms with van der Waals surface area (Å²) in [6, 6.07) is 40.6. The molecule has 46 heavy (non-hydrogen) atoms. The molecule has 0 spiro atoms. The molecule has 0 aromatic heterocycles. The molecule has 9 rings (SSSR count). The highest BCUT2D eigenvalue weighted by Gasteiger charge is 2.52. The normalized spacial score (nSPS) is 27.1. The number of benzene rings is 4. The third-order valence-corrected chi connectivity index (χ3v) is 9.72. The van der Waals surface area contributed by atoms with E-state index in [0.29, 0.717) is 5.92 Å². The Morgan fingerprint density at radius 3 is 2.20 bits per heavy atom. The van der Waals surface area contributed by atoms with Gasteiger partial charge in [0.15, 0.2) is 6.23 Å². The van der Waals surface area contributed by atoms with E-state index in [4.69, 9.17) is 9.73 Å². The van der Waals surface area contributed by atoms with Crippen molar-refractivity contribution in [2.24, 2.45) is 16.8 Å². The zero-order chi connectivity index (χ0) is 30.5. The van der Waals surface area contributed by atoms with Crippen LogP contribution in [0.1, 0.15) is 34.5 Å². The SMILES string of the molecule is C1=CC2C3C4=C(C=CC3N(c3cccc(C5C=C(c6ccccc6)NC(c6ccccc6)=N5)c3)C2C=C1)NC(c1ccccc1)O4. The molecule has 5 nitrogen and oxygen atoms in total. The second-order valence-electron chi connectivity index (χ2n) is 12.4. The smallest absolute Gasteiger partial charge is 0.196 e. The van der Waals surface area contributed by atoms with Gasteiger partial charge in [0.1, 0.15) is 11.6 Å². The largest absolute Gasteiger partial charge is 0.468 e. The highest BCUT2D eigenvalue weighted by Crippen LogP contribution is 2.50. The summed E-state index contributed by atoms with van der Waals surface area (Å²) in [6.45, 7) is 0. The van der Waals surface area contributed by atoms with Crippen LogP contribution in [0.5, 0.6) is 0 Å². The van der Waals surface area contributed by atoms with E-state index in [0.717, 1.165) is 39.7 Å². The molecule has 5 heteroatoms. The summed E-state index contributed by atoms with van der Waals surface area (Å²) >= 11 is 0. The van der Waals surface area contributed by atoms with Gasteiger partial charge in [-0.2, -0.15) is 0 Å². The Kier molecular flexibility index (Phi) is 6.48. The number of hydrogen-bond donors (Lipinski definition) is 2. The van der Waals surface area contributed by atoms with Crippen molar-refractivity contribution in [3.8, 4) is 0 Å². The van der Waals surface area contributed by atoms with Crippen LogP contribution in [0.2, 0.25) is 0 Å². The fraction of sp³-hybridized carbons (Fsp3) is 0.146. The molecular weight excluding hydrogens is 564 g/mol. The van der Waals surface area contributed by atoms with Crippen LogP contribution in [0, 0.1) is 11.8 Å². The molecule has 4 aromatic rings. The zero-order valence-electron chi connectivity index (χ0n) is 25.3. The first-order chi connectivity index (χ1) is 22.8. The van der Waals surface area contributed by atoms with E-state index >= 15 is 0 Å². The average Bonchev–Trinajstić information content (AvgIpc) is 3.72. The summed E-state index contributed by atoms with van der Waals surface area (Å²) in [6.07, 6.45) is 15.8. The van der Waals surface area contributed by atoms with Gasteiger partial charge in [-0.25, -0.2) is 0 Å². The van der Waals surface area contributed by atoms with Crippen molar-refractivity contribution in [3.63, 3.8) is 0 Å². The van der Waals surface area contributed by atoms with Crippen molar-refractivity contribution >= 4 is 17.2 Å². The van der Waals surface area contributed by atoms with E-state index in [1.165, 1.54) is 11.3 Å². The van der Waals surface area contributed by atoms with E-state index in [-0.39, 0.29) is 30.3 Å². The number of anilines is 1. The lowest BCUT2D eigenvalue weighted by Gasteiger charge is -2.33. The van der Waals surface area contributed by atoms with Crippen molar-refractivity contribution in [1.29, 1.82) is 0 Å². The fourth-order valence-electron chi connectivity index (χ4n) is 7.61. The molecular formula is C41H34N4O. The van der Waals surface area contributed by atoms with Gasteiger partial charge in [-0.15, -0.1) is 0 Å². The molecule has 0 amide bonds. The fourth-order valence-corrected chi connectivity index (χ4v) is 7.61. The van der Waals surface area contributed by atoms with Gasteiger partial charge in [0, 0.05) is 28.4 Å². The van der Waals surface area contributed by atoms with Crippen LogP contribution in [-0.2, 0) is 4.74 Å². The highest BCUT2D eigenvalue weighted by molar-refractivity contribution is 6.04. The number of ether oxygens (including phenoxy) is 1. The molecule has 2 N–H and O–H groups in total. The molecule has 1 fully saturated rings. The molecule has 4 aromatic carbocycles. The number of rotatable bonds is 5. The maximum absolute atomic E-state index is 6.73. The van der Waals surface area contributed by atoms with Gasteiger partial charge in [0.25, 0.3) is 0 Å². The number of aliphatic imine (C=N–C) groups is 1. The van der Waals surface area contributed by atoms with Gasteiger partial charge < -0.3 is 20.3 Å². The first kappa shape index (κ1) is 26.8. The predicted octanol–water partition coefficient (Wildman–Crippen LogP) is 7.83. The lowest BCUT2D eigenvalue weighted by molar-refractivity contribution is 0.102. The van der Waals surface area contributed by atoms with Gasteiger partial charge in [-0.05, 0) is 35.4 Å². The van der Waals surface area contributed by atoms with Crippen molar-refractivity contribution < 1.29 is 4.74 Å². The third-order valence-electron chi connectivity index (χ3n) is 9.72. The van der Waals surface area contributed by atoms with Crippen LogP contribution < -0.4 is 15.5 Å². The molecule has 3 aliphatic heterocycles. The van der Waals surface area contributed by atoms with Crippen LogP contribution >= 0.6 is 0 Å². The van der Waals surface area contributed by atoms with E-state index in [1.807, 2.05) is 12.1 Å². The Morgan fingerprint density at radius 1 is 0.674 bits per heavy atom. The van der Waals surface area contributed by atoms with Crippen LogP contribution in [0.3, 0.4) is 0 Å². The molecule has 1 saturated heterocycles. The van der Waals surface area contributed by atoms with E-state index in [1.54, 1.807) is 0 Å². The van der Waals surface area contributed by atoms with Crippen LogP contribution in [-0.4, -0.2) is 17.9 Å². The Labute approximate surface area is 269 Å². The Hall–Kier alpha value is -5.55. The molecule has 3 heterocycles. The van der Waals surface area contributed by atoms with Gasteiger partial charge >= 0.3 is 0 Å². The number of nitrogens with zero attached hydrogens (tertiary/aromatic N) is 2. The maximum Gasteiger partial charge on any atom is 0.196 e. The van der Waals surface area contributed by atoms with Gasteiger partial charge in [0.05, 0.1) is 29.7 Å². The first-order valence-electron chi connectivity index (χ1n) is 16.1. The van der Waals surface area contributed by atoms with E-state index < -0.39 is 0 Å². The average molecular weight is 599 g/mol. The minimum Gasteiger partial charge on any atom is -0.468 e. The number of allylic oxidation sites excluding steroid dienone is 3. The van der Waals surface area contributed by atoms with Crippen LogP contribution in [0.4, 0.5) is 5.69 Å². The quantitative estimate of drug-likeness (QED) is 0.246. The first-order valence-corrected chi connectivity index (χ1v) is 16.1. The van der Waals surface area contributed by atoms with Crippen molar-refractivity contribution in [3.05, 3.63) is 192 Å². The lowest BCUT2D eigenvalue weighted by atomic mass is 9.81. The van der Waals surface area contributed by atoms with E-state index in [9.17, 15) is 0 Å². The summed E-state index contributed by atoms with van der Waals surface area (Å²) < 4.78 is 6.73. The molecule has 0 radical (unpaired) electrons. The molecule has 5 aliphatic rings. The molecule has 6 atom stereocenters. The maximum atomic E-state index is 6.73. The predicted molar refractivity (Wildman–Crippen MR) is 185 cm³/mol. The minimum absolute atomic E-state index is 0.132. The molecule has 6 unspecified atom stereocenters.